The highest BCUT2D eigenvalue weighted by Crippen LogP contribution is 2.67. The number of carbonyl (C=O) groups excluding carboxylic acids is 6. The molecule has 328 valence electrons. The SMILES string of the molecule is CC(=O)O[C@@]12O[C@@H]3C[C@H](O)[C@@](C)(C1=O)[C@H]([C@H](OC(=O)c1ccccc1)[C@]1(O)C[C@H](OC(=O)[C@H](O)[C@@H](NC(=O)c4ccccc4)c4cccnc4)C(C)=C2C1(C)C)[C@@]3(C)OC(C)=O. The highest BCUT2D eigenvalue weighted by atomic mass is 16.7. The van der Waals surface area contributed by atoms with Crippen LogP contribution in [0.5, 0.6) is 0 Å². The second kappa shape index (κ2) is 15.8. The van der Waals surface area contributed by atoms with E-state index in [9.17, 15) is 39.3 Å². The molecule has 16 nitrogen and oxygen atoms in total. The van der Waals surface area contributed by atoms with Crippen LogP contribution in [0.4, 0.5) is 0 Å². The highest BCUT2D eigenvalue weighted by molar-refractivity contribution is 5.99. The molecule has 8 rings (SSSR count). The van der Waals surface area contributed by atoms with Crippen molar-refractivity contribution < 1.29 is 67.8 Å². The monoisotopic (exact) mass is 854 g/mol. The smallest absolute Gasteiger partial charge is 0.338 e. The van der Waals surface area contributed by atoms with E-state index >= 15 is 4.79 Å². The maximum absolute atomic E-state index is 15.7. The third-order valence-corrected chi connectivity index (χ3v) is 13.4. The Balaban J connectivity index is 1.42. The normalized spacial score (nSPS) is 32.9. The Morgan fingerprint density at radius 1 is 0.871 bits per heavy atom. The number of ether oxygens (including phenoxy) is 5. The maximum Gasteiger partial charge on any atom is 0.338 e. The first-order chi connectivity index (χ1) is 29.1. The number of ketones is 1. The van der Waals surface area contributed by atoms with Crippen LogP contribution in [0.2, 0.25) is 0 Å². The van der Waals surface area contributed by atoms with Gasteiger partial charge in [0.25, 0.3) is 11.7 Å². The molecular formula is C46H50N2O14. The van der Waals surface area contributed by atoms with Crippen LogP contribution in [0, 0.1) is 16.7 Å². The van der Waals surface area contributed by atoms with Crippen LogP contribution < -0.4 is 5.32 Å². The first-order valence-corrected chi connectivity index (χ1v) is 20.3. The fraction of sp³-hybridized carbons (Fsp3) is 0.457. The molecule has 2 aromatic carbocycles. The van der Waals surface area contributed by atoms with Crippen LogP contribution in [0.3, 0.4) is 0 Å². The lowest BCUT2D eigenvalue weighted by Gasteiger charge is -2.62. The quantitative estimate of drug-likeness (QED) is 0.130. The van der Waals surface area contributed by atoms with Gasteiger partial charge in [-0.15, -0.1) is 0 Å². The van der Waals surface area contributed by atoms with Gasteiger partial charge in [-0.3, -0.25) is 24.2 Å². The average molecular weight is 855 g/mol. The van der Waals surface area contributed by atoms with Gasteiger partial charge in [0.2, 0.25) is 5.78 Å². The third-order valence-electron chi connectivity index (χ3n) is 13.4. The molecule has 2 aliphatic heterocycles. The molecule has 2 saturated heterocycles. The summed E-state index contributed by atoms with van der Waals surface area (Å²) in [6, 6.07) is 17.6. The van der Waals surface area contributed by atoms with Crippen molar-refractivity contribution in [2.75, 3.05) is 0 Å². The predicted octanol–water partition coefficient (Wildman–Crippen LogP) is 3.48. The van der Waals surface area contributed by atoms with Gasteiger partial charge in [0, 0.05) is 55.6 Å². The Hall–Kier alpha value is -5.81. The van der Waals surface area contributed by atoms with Crippen molar-refractivity contribution in [2.45, 2.75) is 115 Å². The summed E-state index contributed by atoms with van der Waals surface area (Å²) in [7, 11) is 0. The summed E-state index contributed by atoms with van der Waals surface area (Å²) in [6.45, 7) is 9.48. The molecule has 11 atom stereocenters. The van der Waals surface area contributed by atoms with Gasteiger partial charge in [-0.25, -0.2) is 9.59 Å². The van der Waals surface area contributed by atoms with E-state index in [0.717, 1.165) is 13.8 Å². The molecule has 6 bridgehead atoms. The molecule has 4 fully saturated rings. The lowest BCUT2D eigenvalue weighted by atomic mass is 9.46. The summed E-state index contributed by atoms with van der Waals surface area (Å²) < 4.78 is 31.2. The summed E-state index contributed by atoms with van der Waals surface area (Å²) in [4.78, 5) is 88.1. The number of pyridine rings is 1. The van der Waals surface area contributed by atoms with Crippen LogP contribution in [0.25, 0.3) is 0 Å². The third kappa shape index (κ3) is 6.89. The van der Waals surface area contributed by atoms with E-state index in [1.165, 1.54) is 65.2 Å². The van der Waals surface area contributed by atoms with Crippen LogP contribution in [-0.4, -0.2) is 103 Å². The van der Waals surface area contributed by atoms with E-state index in [1.807, 2.05) is 0 Å². The van der Waals surface area contributed by atoms with E-state index in [-0.39, 0.29) is 34.3 Å². The van der Waals surface area contributed by atoms with Crippen molar-refractivity contribution in [3.8, 4) is 0 Å². The number of nitrogens with one attached hydrogen (secondary N) is 1. The van der Waals surface area contributed by atoms with Crippen molar-refractivity contribution in [3.63, 3.8) is 0 Å². The zero-order valence-electron chi connectivity index (χ0n) is 35.3. The molecule has 3 aliphatic carbocycles. The number of hydrogen-bond acceptors (Lipinski definition) is 15. The zero-order valence-corrected chi connectivity index (χ0v) is 35.3. The topological polar surface area (TPSA) is 234 Å². The molecule has 5 aliphatic rings. The molecule has 4 N–H and O–H groups in total. The van der Waals surface area contributed by atoms with Gasteiger partial charge in [-0.1, -0.05) is 56.3 Å². The van der Waals surface area contributed by atoms with Crippen LogP contribution >= 0.6 is 0 Å². The standard InChI is InChI=1S/C46H50N2O14/c1-24-30(58-40(55)34(52)33(29-19-14-20-47-23-29)48-38(53)27-15-10-8-11-16-27)22-45(57)37(59-39(54)28-17-12-9-13-18-28)36-43(6)31(51)21-32(44(36,7)60-25(2)49)62-46(41(43)56,61-26(3)50)35(24)42(45,4)5/h8-20,23,30-34,36-37,51-52,57H,21-22H2,1-7H3,(H,48,53)/t30-,31-,32+,33-,34+,36-,37-,43+,44-,45+,46-/m0/s1. The van der Waals surface area contributed by atoms with Crippen molar-refractivity contribution in [1.82, 2.24) is 10.3 Å². The zero-order chi connectivity index (χ0) is 45.2. The largest absolute Gasteiger partial charge is 0.456 e. The molecule has 3 heterocycles. The minimum Gasteiger partial charge on any atom is -0.456 e. The molecule has 3 aromatic rings. The fourth-order valence-electron chi connectivity index (χ4n) is 10.4. The minimum atomic E-state index is -2.75. The first kappa shape index (κ1) is 44.3. The number of benzene rings is 2. The molecule has 1 amide bonds. The Bertz CT molecular complexity index is 2320. The molecule has 0 unspecified atom stereocenters. The molecular weight excluding hydrogens is 805 g/mol. The van der Waals surface area contributed by atoms with Crippen LogP contribution in [0.15, 0.2) is 96.3 Å². The number of Topliss-reactive ketones (excluding diaryl/α,β-unsaturated/α-hetero) is 1. The molecule has 16 heteroatoms. The van der Waals surface area contributed by atoms with E-state index in [2.05, 4.69) is 10.3 Å². The number of fused-ring (bicyclic) bond motifs is 3. The number of amides is 1. The van der Waals surface area contributed by atoms with Crippen molar-refractivity contribution in [3.05, 3.63) is 113 Å². The number of carbonyl (C=O) groups is 6. The number of aliphatic hydroxyl groups excluding tert-OH is 2. The van der Waals surface area contributed by atoms with Gasteiger partial charge < -0.3 is 44.3 Å². The molecule has 62 heavy (non-hydrogen) atoms. The Morgan fingerprint density at radius 2 is 1.48 bits per heavy atom. The number of aromatic nitrogens is 1. The summed E-state index contributed by atoms with van der Waals surface area (Å²) in [5, 5.41) is 40.2. The predicted molar refractivity (Wildman–Crippen MR) is 215 cm³/mol. The number of hydrogen-bond donors (Lipinski definition) is 4. The summed E-state index contributed by atoms with van der Waals surface area (Å²) in [5.41, 5.74) is -7.92. The minimum absolute atomic E-state index is 0.0549. The number of rotatable bonds is 10. The van der Waals surface area contributed by atoms with E-state index in [0.29, 0.717) is 0 Å². The van der Waals surface area contributed by atoms with Gasteiger partial charge in [-0.05, 0) is 62.2 Å². The lowest BCUT2D eigenvalue weighted by Crippen LogP contribution is -2.76. The van der Waals surface area contributed by atoms with Gasteiger partial charge >= 0.3 is 23.9 Å². The van der Waals surface area contributed by atoms with E-state index in [1.54, 1.807) is 54.6 Å². The fourth-order valence-corrected chi connectivity index (χ4v) is 10.4. The van der Waals surface area contributed by atoms with Crippen molar-refractivity contribution in [1.29, 1.82) is 0 Å². The second-order valence-electron chi connectivity index (χ2n) is 17.4. The molecule has 0 radical (unpaired) electrons. The molecule has 0 spiro atoms. The second-order valence-corrected chi connectivity index (χ2v) is 17.4. The van der Waals surface area contributed by atoms with E-state index < -0.39 is 112 Å². The lowest BCUT2D eigenvalue weighted by molar-refractivity contribution is -0.266. The van der Waals surface area contributed by atoms with Gasteiger partial charge in [-0.2, -0.15) is 0 Å². The number of nitrogens with zero attached hydrogens (tertiary/aromatic N) is 1. The first-order valence-electron chi connectivity index (χ1n) is 20.3. The van der Waals surface area contributed by atoms with Gasteiger partial charge in [0.05, 0.1) is 29.0 Å². The van der Waals surface area contributed by atoms with Gasteiger partial charge in [0.15, 0.2) is 6.10 Å². The van der Waals surface area contributed by atoms with Gasteiger partial charge in [0.1, 0.15) is 29.5 Å². The summed E-state index contributed by atoms with van der Waals surface area (Å²) in [6.07, 6.45) is -6.64. The Morgan fingerprint density at radius 3 is 2.06 bits per heavy atom. The highest BCUT2D eigenvalue weighted by Gasteiger charge is 2.81. The average Bonchev–Trinajstić information content (AvgIpc) is 3.33. The number of esters is 4. The van der Waals surface area contributed by atoms with Crippen LogP contribution in [-0.2, 0) is 42.9 Å². The van der Waals surface area contributed by atoms with Crippen molar-refractivity contribution >= 4 is 35.6 Å². The Labute approximate surface area is 357 Å². The summed E-state index contributed by atoms with van der Waals surface area (Å²) >= 11 is 0. The van der Waals surface area contributed by atoms with Crippen LogP contribution in [0.1, 0.15) is 93.6 Å². The Kier molecular flexibility index (Phi) is 11.3. The molecule has 2 saturated carbocycles. The van der Waals surface area contributed by atoms with Crippen molar-refractivity contribution in [2.24, 2.45) is 16.7 Å². The summed E-state index contributed by atoms with van der Waals surface area (Å²) in [5.74, 6) is -10.1. The maximum atomic E-state index is 15.7. The van der Waals surface area contributed by atoms with E-state index in [4.69, 9.17) is 23.7 Å². The molecule has 1 aromatic heterocycles. The number of aliphatic hydroxyl groups is 3.